The molecule has 2 aromatic heterocycles. The maximum atomic E-state index is 14.9. The number of aromatic nitrogens is 2. The number of hydrogen-bond donors (Lipinski definition) is 0. The molecule has 2 heterocycles. The summed E-state index contributed by atoms with van der Waals surface area (Å²) in [6.45, 7) is 16.0. The lowest BCUT2D eigenvalue weighted by molar-refractivity contribution is -0.137. The van der Waals surface area contributed by atoms with Crippen LogP contribution < -0.4 is 0 Å². The number of benzene rings is 8. The van der Waals surface area contributed by atoms with Crippen LogP contribution in [0.3, 0.4) is 0 Å². The molecule has 62 heavy (non-hydrogen) atoms. The van der Waals surface area contributed by atoms with Gasteiger partial charge in [0.2, 0.25) is 0 Å². The van der Waals surface area contributed by atoms with Crippen molar-refractivity contribution in [1.29, 1.82) is 10.5 Å². The second-order valence-electron chi connectivity index (χ2n) is 14.9. The molecule has 6 nitrogen and oxygen atoms in total. The van der Waals surface area contributed by atoms with E-state index in [1.54, 1.807) is 24.3 Å². The SMILES string of the molecule is [C-]#[N+]c1cccc(-c2ccc3c(c2)c2ccccc2n3-c2cc(-c3ccc(C#N)cc3C(F)(F)F)c([N+]#[C-])cc2-n2c3ccccc3c3cc(-c4cccc(C#N)c4)ccc32)c1. The minimum atomic E-state index is -4.83. The highest BCUT2D eigenvalue weighted by Crippen LogP contribution is 2.47. The van der Waals surface area contributed by atoms with Crippen LogP contribution in [0.4, 0.5) is 24.5 Å². The lowest BCUT2D eigenvalue weighted by atomic mass is 9.95. The molecule has 0 aliphatic rings. The predicted octanol–water partition coefficient (Wildman–Crippen LogP) is 14.7. The molecule has 0 unspecified atom stereocenters. The van der Waals surface area contributed by atoms with Crippen LogP contribution in [-0.2, 0) is 6.18 Å². The van der Waals surface area contributed by atoms with Crippen molar-refractivity contribution in [3.8, 4) is 56.9 Å². The summed E-state index contributed by atoms with van der Waals surface area (Å²) in [5.41, 5.74) is 7.51. The van der Waals surface area contributed by atoms with Gasteiger partial charge in [-0.2, -0.15) is 23.7 Å². The summed E-state index contributed by atoms with van der Waals surface area (Å²) in [6, 6.07) is 53.4. The van der Waals surface area contributed by atoms with Gasteiger partial charge < -0.3 is 9.13 Å². The van der Waals surface area contributed by atoms with Gasteiger partial charge in [0.05, 0.1) is 75.4 Å². The van der Waals surface area contributed by atoms with Gasteiger partial charge in [-0.15, -0.1) is 0 Å². The van der Waals surface area contributed by atoms with Crippen LogP contribution in [0.15, 0.2) is 164 Å². The minimum Gasteiger partial charge on any atom is -0.308 e. The van der Waals surface area contributed by atoms with Crippen LogP contribution in [-0.4, -0.2) is 9.13 Å². The lowest BCUT2D eigenvalue weighted by Crippen LogP contribution is -2.09. The molecule has 0 N–H and O–H groups in total. The Labute approximate surface area is 353 Å². The summed E-state index contributed by atoms with van der Waals surface area (Å²) in [4.78, 5) is 7.49. The van der Waals surface area contributed by atoms with Gasteiger partial charge in [0, 0.05) is 21.5 Å². The van der Waals surface area contributed by atoms with Gasteiger partial charge in [0.1, 0.15) is 0 Å². The second kappa shape index (κ2) is 14.4. The summed E-state index contributed by atoms with van der Waals surface area (Å²) < 4.78 is 48.9. The average molecular weight is 805 g/mol. The van der Waals surface area contributed by atoms with Crippen molar-refractivity contribution in [3.05, 3.63) is 203 Å². The molecule has 0 atom stereocenters. The molecule has 0 fully saturated rings. The van der Waals surface area contributed by atoms with E-state index in [0.717, 1.165) is 71.9 Å². The summed E-state index contributed by atoms with van der Waals surface area (Å²) in [5, 5.41) is 22.8. The number of nitrogens with zero attached hydrogens (tertiary/aromatic N) is 6. The molecule has 0 amide bonds. The maximum Gasteiger partial charge on any atom is 0.417 e. The van der Waals surface area contributed by atoms with Crippen LogP contribution >= 0.6 is 0 Å². The van der Waals surface area contributed by atoms with Crippen LogP contribution in [0, 0.1) is 35.8 Å². The first kappa shape index (κ1) is 37.4. The summed E-state index contributed by atoms with van der Waals surface area (Å²) in [5.74, 6) is 0. The molecule has 0 saturated heterocycles. The fourth-order valence-electron chi connectivity index (χ4n) is 8.66. The molecule has 0 bridgehead atoms. The fraction of sp³-hybridized carbons (Fsp3) is 0.0189. The molecule has 290 valence electrons. The van der Waals surface area contributed by atoms with E-state index in [0.29, 0.717) is 22.6 Å². The Morgan fingerprint density at radius 3 is 1.56 bits per heavy atom. The van der Waals surface area contributed by atoms with Gasteiger partial charge in [0.25, 0.3) is 0 Å². The average Bonchev–Trinajstić information content (AvgIpc) is 3.82. The number of fused-ring (bicyclic) bond motifs is 6. The van der Waals surface area contributed by atoms with Gasteiger partial charge in [-0.05, 0) is 112 Å². The molecule has 0 aliphatic carbocycles. The summed E-state index contributed by atoms with van der Waals surface area (Å²) in [7, 11) is 0. The van der Waals surface area contributed by atoms with E-state index in [2.05, 4.69) is 32.5 Å². The third-order valence-electron chi connectivity index (χ3n) is 11.4. The van der Waals surface area contributed by atoms with Crippen LogP contribution in [0.5, 0.6) is 0 Å². The van der Waals surface area contributed by atoms with Crippen molar-refractivity contribution in [3.63, 3.8) is 0 Å². The van der Waals surface area contributed by atoms with E-state index < -0.39 is 11.7 Å². The molecule has 9 heteroatoms. The number of halogens is 3. The molecule has 0 radical (unpaired) electrons. The third kappa shape index (κ3) is 6.01. The Bertz CT molecular complexity index is 3690. The Kier molecular flexibility index (Phi) is 8.70. The first-order valence-corrected chi connectivity index (χ1v) is 19.4. The zero-order valence-electron chi connectivity index (χ0n) is 32.4. The smallest absolute Gasteiger partial charge is 0.308 e. The standard InChI is InChI=1S/C53H27F3N6/c1-59-38-12-8-11-35(25-38)37-19-22-49-44(27-37)40-13-3-5-15-47(40)61(49)51-28-42(39-20-17-33(31-58)24-45(39)53(54,55)56)46(60-2)29-52(51)62-48-16-6-4-14-41(48)43-26-36(18-21-50(43)62)34-10-7-9-32(23-34)30-57/h3-29H. The van der Waals surface area contributed by atoms with Crippen molar-refractivity contribution in [2.24, 2.45) is 0 Å². The van der Waals surface area contributed by atoms with E-state index in [9.17, 15) is 23.7 Å². The highest BCUT2D eigenvalue weighted by Gasteiger charge is 2.35. The number of rotatable bonds is 5. The van der Waals surface area contributed by atoms with E-state index >= 15 is 0 Å². The van der Waals surface area contributed by atoms with Crippen molar-refractivity contribution in [2.45, 2.75) is 6.18 Å². The monoisotopic (exact) mass is 804 g/mol. The quantitative estimate of drug-likeness (QED) is 0.163. The van der Waals surface area contributed by atoms with E-state index in [-0.39, 0.29) is 22.4 Å². The van der Waals surface area contributed by atoms with Crippen molar-refractivity contribution >= 4 is 55.0 Å². The Morgan fingerprint density at radius 2 is 0.984 bits per heavy atom. The second-order valence-corrected chi connectivity index (χ2v) is 14.9. The van der Waals surface area contributed by atoms with Crippen molar-refractivity contribution in [1.82, 2.24) is 9.13 Å². The highest BCUT2D eigenvalue weighted by atomic mass is 19.4. The molecular weight excluding hydrogens is 778 g/mol. The summed E-state index contributed by atoms with van der Waals surface area (Å²) >= 11 is 0. The first-order chi connectivity index (χ1) is 30.2. The molecule has 10 rings (SSSR count). The maximum absolute atomic E-state index is 14.9. The minimum absolute atomic E-state index is 0.00225. The number of alkyl halides is 3. The topological polar surface area (TPSA) is 66.2 Å². The van der Waals surface area contributed by atoms with Crippen molar-refractivity contribution in [2.75, 3.05) is 0 Å². The van der Waals surface area contributed by atoms with Crippen LogP contribution in [0.25, 0.3) is 98.1 Å². The van der Waals surface area contributed by atoms with E-state index in [4.69, 9.17) is 13.1 Å². The summed E-state index contributed by atoms with van der Waals surface area (Å²) in [6.07, 6.45) is -4.83. The number of para-hydroxylation sites is 2. The Balaban J connectivity index is 1.33. The van der Waals surface area contributed by atoms with E-state index in [1.807, 2.05) is 120 Å². The fourth-order valence-corrected chi connectivity index (χ4v) is 8.66. The van der Waals surface area contributed by atoms with Crippen LogP contribution in [0.1, 0.15) is 16.7 Å². The predicted molar refractivity (Wildman–Crippen MR) is 238 cm³/mol. The van der Waals surface area contributed by atoms with Crippen molar-refractivity contribution < 1.29 is 13.2 Å². The van der Waals surface area contributed by atoms with Gasteiger partial charge in [-0.3, -0.25) is 0 Å². The number of hydrogen-bond acceptors (Lipinski definition) is 2. The molecule has 8 aromatic carbocycles. The van der Waals surface area contributed by atoms with E-state index in [1.165, 1.54) is 12.1 Å². The van der Waals surface area contributed by atoms with Crippen LogP contribution in [0.2, 0.25) is 0 Å². The zero-order valence-corrected chi connectivity index (χ0v) is 32.4. The molecule has 10 aromatic rings. The number of nitriles is 2. The zero-order chi connectivity index (χ0) is 42.7. The highest BCUT2D eigenvalue weighted by molar-refractivity contribution is 6.13. The normalized spacial score (nSPS) is 11.4. The first-order valence-electron chi connectivity index (χ1n) is 19.4. The van der Waals surface area contributed by atoms with Gasteiger partial charge in [0.15, 0.2) is 11.4 Å². The molecule has 0 spiro atoms. The Hall–Kier alpha value is -8.89. The molecule has 0 aliphatic heterocycles. The molecular formula is C53H27F3N6. The van der Waals surface area contributed by atoms with Gasteiger partial charge in [-0.1, -0.05) is 84.9 Å². The van der Waals surface area contributed by atoms with Gasteiger partial charge >= 0.3 is 6.18 Å². The lowest BCUT2D eigenvalue weighted by Gasteiger charge is -2.21. The largest absolute Gasteiger partial charge is 0.417 e. The molecule has 0 saturated carbocycles. The van der Waals surface area contributed by atoms with Gasteiger partial charge in [-0.25, -0.2) is 9.69 Å². The third-order valence-corrected chi connectivity index (χ3v) is 11.4. The Morgan fingerprint density at radius 1 is 0.452 bits per heavy atom.